The fourth-order valence-electron chi connectivity index (χ4n) is 2.53. The number of fused-ring (bicyclic) bond motifs is 1. The first-order valence-corrected chi connectivity index (χ1v) is 7.96. The highest BCUT2D eigenvalue weighted by Gasteiger charge is 2.35. The van der Waals surface area contributed by atoms with Gasteiger partial charge in [0.15, 0.2) is 0 Å². The lowest BCUT2D eigenvalue weighted by atomic mass is 10.1. The van der Waals surface area contributed by atoms with Gasteiger partial charge in [0.2, 0.25) is 0 Å². The average Bonchev–Trinajstić information content (AvgIpc) is 2.98. The maximum atomic E-state index is 12.9. The van der Waals surface area contributed by atoms with Gasteiger partial charge in [-0.3, -0.25) is 9.36 Å². The maximum absolute atomic E-state index is 12.9. The van der Waals surface area contributed by atoms with Crippen molar-refractivity contribution in [3.8, 4) is 5.69 Å². The van der Waals surface area contributed by atoms with E-state index in [4.69, 9.17) is 5.21 Å². The Balaban J connectivity index is 2.22. The van der Waals surface area contributed by atoms with Crippen LogP contribution in [-0.4, -0.2) is 24.9 Å². The van der Waals surface area contributed by atoms with Gasteiger partial charge in [-0.1, -0.05) is 0 Å². The number of aromatic nitrogens is 3. The van der Waals surface area contributed by atoms with Crippen molar-refractivity contribution in [2.24, 2.45) is 12.2 Å². The highest BCUT2D eigenvalue weighted by molar-refractivity contribution is 7.13. The van der Waals surface area contributed by atoms with Crippen LogP contribution in [0.15, 0.2) is 39.0 Å². The topological polar surface area (TPSA) is 89.5 Å². The number of hydrogen-bond donors (Lipinski definition) is 1. The van der Waals surface area contributed by atoms with E-state index in [-0.39, 0.29) is 12.1 Å². The molecule has 0 unspecified atom stereocenters. The summed E-state index contributed by atoms with van der Waals surface area (Å²) in [5.74, 6) is 0. The fraction of sp³-hybridized carbons (Fsp3) is 0.200. The second-order valence-electron chi connectivity index (χ2n) is 5.35. The van der Waals surface area contributed by atoms with E-state index in [2.05, 4.69) is 9.53 Å². The minimum Gasteiger partial charge on any atom is -0.411 e. The van der Waals surface area contributed by atoms with Crippen molar-refractivity contribution in [1.82, 2.24) is 13.5 Å². The third kappa shape index (κ3) is 3.01. The molecule has 0 spiro atoms. The summed E-state index contributed by atoms with van der Waals surface area (Å²) < 4.78 is 44.8. The summed E-state index contributed by atoms with van der Waals surface area (Å²) in [7, 11) is 0.953. The van der Waals surface area contributed by atoms with Crippen molar-refractivity contribution < 1.29 is 18.4 Å². The first kappa shape index (κ1) is 17.9. The van der Waals surface area contributed by atoms with Crippen molar-refractivity contribution in [2.45, 2.75) is 12.6 Å². The summed E-state index contributed by atoms with van der Waals surface area (Å²) in [5, 5.41) is 12.0. The predicted molar refractivity (Wildman–Crippen MR) is 89.4 cm³/mol. The van der Waals surface area contributed by atoms with E-state index in [9.17, 15) is 22.8 Å². The van der Waals surface area contributed by atoms with Gasteiger partial charge >= 0.3 is 11.9 Å². The number of benzene rings is 1. The van der Waals surface area contributed by atoms with E-state index in [1.807, 2.05) is 0 Å². The molecule has 0 atom stereocenters. The summed E-state index contributed by atoms with van der Waals surface area (Å²) in [5.41, 5.74) is -2.82. The minimum absolute atomic E-state index is 0.124. The number of oxime groups is 1. The molecule has 0 aliphatic heterocycles. The van der Waals surface area contributed by atoms with Gasteiger partial charge in [0.25, 0.3) is 5.56 Å². The molecule has 0 radical (unpaired) electrons. The van der Waals surface area contributed by atoms with Gasteiger partial charge in [0.05, 0.1) is 16.1 Å². The lowest BCUT2D eigenvalue weighted by molar-refractivity contribution is -0.144. The van der Waals surface area contributed by atoms with Crippen molar-refractivity contribution in [3.05, 3.63) is 56.5 Å². The van der Waals surface area contributed by atoms with Crippen molar-refractivity contribution >= 4 is 27.8 Å². The Kier molecular flexibility index (Phi) is 4.40. The zero-order valence-electron chi connectivity index (χ0n) is 13.2. The molecule has 0 saturated heterocycles. The Morgan fingerprint density at radius 2 is 2.04 bits per heavy atom. The van der Waals surface area contributed by atoms with Crippen LogP contribution >= 0.6 is 11.5 Å². The van der Waals surface area contributed by atoms with Crippen LogP contribution in [0, 0.1) is 0 Å². The van der Waals surface area contributed by atoms with Gasteiger partial charge < -0.3 is 5.21 Å². The largest absolute Gasteiger partial charge is 0.431 e. The van der Waals surface area contributed by atoms with Gasteiger partial charge in [-0.2, -0.15) is 17.5 Å². The molecule has 0 amide bonds. The average molecular weight is 384 g/mol. The van der Waals surface area contributed by atoms with E-state index < -0.39 is 23.1 Å². The fourth-order valence-corrected chi connectivity index (χ4v) is 3.31. The Morgan fingerprint density at radius 3 is 2.69 bits per heavy atom. The van der Waals surface area contributed by atoms with Crippen molar-refractivity contribution in [1.29, 1.82) is 0 Å². The molecule has 0 fully saturated rings. The third-order valence-corrected chi connectivity index (χ3v) is 4.63. The first-order chi connectivity index (χ1) is 12.2. The van der Waals surface area contributed by atoms with Crippen LogP contribution < -0.4 is 11.2 Å². The SMILES string of the molecule is Cn1c(C(F)(F)F)cc(=O)n(-c2ccc3snc(CC=NO)c3c2)c1=O. The van der Waals surface area contributed by atoms with E-state index in [0.29, 0.717) is 26.3 Å². The molecule has 0 bridgehead atoms. The third-order valence-electron chi connectivity index (χ3n) is 3.76. The van der Waals surface area contributed by atoms with E-state index in [1.165, 1.54) is 29.9 Å². The number of rotatable bonds is 3. The minimum atomic E-state index is -4.82. The molecule has 0 saturated carbocycles. The van der Waals surface area contributed by atoms with Crippen molar-refractivity contribution in [3.63, 3.8) is 0 Å². The summed E-state index contributed by atoms with van der Waals surface area (Å²) in [4.78, 5) is 24.5. The molecular weight excluding hydrogens is 373 g/mol. The second kappa shape index (κ2) is 6.41. The monoisotopic (exact) mass is 384 g/mol. The van der Waals surface area contributed by atoms with Crippen LogP contribution in [0.3, 0.4) is 0 Å². The number of nitrogens with zero attached hydrogens (tertiary/aromatic N) is 4. The van der Waals surface area contributed by atoms with Crippen LogP contribution in [-0.2, 0) is 19.6 Å². The number of hydrogen-bond acceptors (Lipinski definition) is 6. The summed E-state index contributed by atoms with van der Waals surface area (Å²) in [6.07, 6.45) is -3.37. The molecule has 3 rings (SSSR count). The highest BCUT2D eigenvalue weighted by Crippen LogP contribution is 2.28. The Hall–Kier alpha value is -2.95. The lowest BCUT2D eigenvalue weighted by Crippen LogP contribution is -2.40. The van der Waals surface area contributed by atoms with Crippen LogP contribution in [0.25, 0.3) is 15.8 Å². The molecule has 2 aromatic heterocycles. The molecule has 3 aromatic rings. The van der Waals surface area contributed by atoms with Crippen LogP contribution in [0.2, 0.25) is 0 Å². The Labute approximate surface area is 147 Å². The highest BCUT2D eigenvalue weighted by atomic mass is 32.1. The zero-order chi connectivity index (χ0) is 19.1. The standard InChI is InChI=1S/C15H11F3N4O3S/c1-21-12(15(16,17)18)7-13(23)22(14(21)24)8-2-3-11-9(6-8)10(20-26-11)4-5-19-25/h2-3,5-7,25H,4H2,1H3. The van der Waals surface area contributed by atoms with Gasteiger partial charge in [-0.05, 0) is 29.7 Å². The molecule has 2 heterocycles. The quantitative estimate of drug-likeness (QED) is 0.426. The molecule has 0 aliphatic carbocycles. The molecule has 26 heavy (non-hydrogen) atoms. The molecule has 1 N–H and O–H groups in total. The van der Waals surface area contributed by atoms with Gasteiger partial charge in [-0.15, -0.1) is 5.16 Å². The lowest BCUT2D eigenvalue weighted by Gasteiger charge is -2.14. The number of halogens is 3. The molecule has 7 nitrogen and oxygen atoms in total. The Bertz CT molecular complexity index is 1130. The van der Waals surface area contributed by atoms with E-state index in [1.54, 1.807) is 6.07 Å². The Morgan fingerprint density at radius 1 is 1.31 bits per heavy atom. The predicted octanol–water partition coefficient (Wildman–Crippen LogP) is 2.17. The zero-order valence-corrected chi connectivity index (χ0v) is 14.0. The summed E-state index contributed by atoms with van der Waals surface area (Å²) in [6.45, 7) is 0. The maximum Gasteiger partial charge on any atom is 0.431 e. The van der Waals surface area contributed by atoms with Crippen LogP contribution in [0.1, 0.15) is 11.4 Å². The molecule has 1 aromatic carbocycles. The van der Waals surface area contributed by atoms with Gasteiger partial charge in [0.1, 0.15) is 5.69 Å². The normalized spacial score (nSPS) is 12.3. The van der Waals surface area contributed by atoms with Gasteiger partial charge in [0, 0.05) is 31.1 Å². The molecule has 11 heteroatoms. The second-order valence-corrected chi connectivity index (χ2v) is 6.16. The van der Waals surface area contributed by atoms with Crippen LogP contribution in [0.5, 0.6) is 0 Å². The summed E-state index contributed by atoms with van der Waals surface area (Å²) in [6, 6.07) is 4.96. The van der Waals surface area contributed by atoms with E-state index >= 15 is 0 Å². The molecule has 0 aliphatic rings. The first-order valence-electron chi connectivity index (χ1n) is 7.19. The number of alkyl halides is 3. The molecule has 136 valence electrons. The van der Waals surface area contributed by atoms with Crippen molar-refractivity contribution in [2.75, 3.05) is 0 Å². The smallest absolute Gasteiger partial charge is 0.411 e. The van der Waals surface area contributed by atoms with E-state index in [0.717, 1.165) is 11.7 Å². The van der Waals surface area contributed by atoms with Gasteiger partial charge in [-0.25, -0.2) is 9.36 Å². The summed E-state index contributed by atoms with van der Waals surface area (Å²) >= 11 is 1.17. The van der Waals surface area contributed by atoms with Crippen LogP contribution in [0.4, 0.5) is 13.2 Å². The molecular formula is C15H11F3N4O3S.